The first kappa shape index (κ1) is 9.56. The van der Waals surface area contributed by atoms with Crippen LogP contribution in [0.25, 0.3) is 0 Å². The Bertz CT molecular complexity index is 65.0. The Morgan fingerprint density at radius 3 is 1.67 bits per heavy atom. The van der Waals surface area contributed by atoms with Crippen LogP contribution in [0.5, 0.6) is 0 Å². The Morgan fingerprint density at radius 1 is 1.11 bits per heavy atom. The summed E-state index contributed by atoms with van der Waals surface area (Å²) in [6.45, 7) is 6.89. The molecule has 0 amide bonds. The van der Waals surface area contributed by atoms with Crippen molar-refractivity contribution in [2.75, 3.05) is 0 Å². The van der Waals surface area contributed by atoms with Gasteiger partial charge in [0.15, 0.2) is 0 Å². The summed E-state index contributed by atoms with van der Waals surface area (Å²) >= 11 is 1.93. The van der Waals surface area contributed by atoms with Gasteiger partial charge in [0, 0.05) is 0 Å². The van der Waals surface area contributed by atoms with Crippen LogP contribution in [-0.4, -0.2) is 16.9 Å². The van der Waals surface area contributed by atoms with Crippen molar-refractivity contribution >= 4 is 16.9 Å². The normalized spacial score (nSPS) is 12.0. The van der Waals surface area contributed by atoms with E-state index < -0.39 is 0 Å². The molecule has 0 fully saturated rings. The molecule has 1 unspecified atom stereocenters. The number of hydrogen-bond donors (Lipinski definition) is 0. The van der Waals surface area contributed by atoms with Gasteiger partial charge in [-0.2, -0.15) is 0 Å². The second-order valence-electron chi connectivity index (χ2n) is 2.82. The van der Waals surface area contributed by atoms with Crippen LogP contribution in [0.1, 0.15) is 46.5 Å². The Balaban J connectivity index is 3.62. The molecule has 0 N–H and O–H groups in total. The van der Waals surface area contributed by atoms with Crippen LogP contribution in [0.2, 0.25) is 4.20 Å². The predicted octanol–water partition coefficient (Wildman–Crippen LogP) is 2.40. The zero-order chi connectivity index (χ0) is 7.33. The maximum atomic E-state index is 2.31. The van der Waals surface area contributed by atoms with Crippen LogP contribution < -0.4 is 0 Å². The molecule has 1 atom stereocenters. The van der Waals surface area contributed by atoms with Crippen LogP contribution in [0.3, 0.4) is 0 Å². The van der Waals surface area contributed by atoms with Gasteiger partial charge in [0.1, 0.15) is 0 Å². The molecule has 0 rings (SSSR count). The number of rotatable bonds is 4. The quantitative estimate of drug-likeness (QED) is 0.597. The van der Waals surface area contributed by atoms with Gasteiger partial charge < -0.3 is 0 Å². The van der Waals surface area contributed by atoms with Crippen molar-refractivity contribution in [2.24, 2.45) is 0 Å². The second-order valence-corrected chi connectivity index (χ2v) is 5.39. The first-order chi connectivity index (χ1) is 4.18. The summed E-state index contributed by atoms with van der Waals surface area (Å²) in [4.78, 5) is 0. The van der Waals surface area contributed by atoms with E-state index in [9.17, 15) is 0 Å². The molecule has 0 aromatic rings. The van der Waals surface area contributed by atoms with E-state index in [4.69, 9.17) is 0 Å². The summed E-state index contributed by atoms with van der Waals surface area (Å²) in [7, 11) is 0. The summed E-state index contributed by atoms with van der Waals surface area (Å²) < 4.78 is 0.696. The second kappa shape index (κ2) is 4.39. The van der Waals surface area contributed by atoms with Crippen LogP contribution in [0.4, 0.5) is 0 Å². The van der Waals surface area contributed by atoms with Crippen molar-refractivity contribution in [1.29, 1.82) is 0 Å². The van der Waals surface area contributed by atoms with Crippen molar-refractivity contribution in [3.63, 3.8) is 0 Å². The summed E-state index contributed by atoms with van der Waals surface area (Å²) in [5.74, 6) is 0. The molecule has 0 nitrogen and oxygen atoms in total. The van der Waals surface area contributed by atoms with Gasteiger partial charge >= 0.3 is 67.5 Å². The van der Waals surface area contributed by atoms with Gasteiger partial charge in [-0.3, -0.25) is 0 Å². The van der Waals surface area contributed by atoms with E-state index >= 15 is 0 Å². The minimum atomic E-state index is 0.696. The van der Waals surface area contributed by atoms with E-state index in [0.717, 1.165) is 0 Å². The van der Waals surface area contributed by atoms with E-state index in [1.807, 2.05) is 16.9 Å². The van der Waals surface area contributed by atoms with Gasteiger partial charge in [-0.25, -0.2) is 0 Å². The summed E-state index contributed by atoms with van der Waals surface area (Å²) in [5.41, 5.74) is 0. The molecule has 56 valence electrons. The standard InChI is InChI=1S/C8H19As/c1-4-7-8(9,5-2)6-3/h4-7,9H2,1-3H3. The molecule has 0 spiro atoms. The molecule has 0 aromatic carbocycles. The molecule has 0 bridgehead atoms. The fourth-order valence-corrected chi connectivity index (χ4v) is 1.71. The maximum absolute atomic E-state index is 2.31. The van der Waals surface area contributed by atoms with Crippen molar-refractivity contribution < 1.29 is 0 Å². The van der Waals surface area contributed by atoms with Gasteiger partial charge in [-0.05, 0) is 0 Å². The molecule has 0 radical (unpaired) electrons. The van der Waals surface area contributed by atoms with E-state index in [1.165, 1.54) is 25.7 Å². The molecule has 0 heterocycles. The molecule has 0 aliphatic heterocycles. The van der Waals surface area contributed by atoms with Gasteiger partial charge in [0.2, 0.25) is 0 Å². The zero-order valence-electron chi connectivity index (χ0n) is 6.91. The van der Waals surface area contributed by atoms with Crippen molar-refractivity contribution in [2.45, 2.75) is 50.7 Å². The van der Waals surface area contributed by atoms with Gasteiger partial charge in [-0.15, -0.1) is 0 Å². The summed E-state index contributed by atoms with van der Waals surface area (Å²) in [6, 6.07) is 0. The first-order valence-corrected chi connectivity index (χ1v) is 5.18. The van der Waals surface area contributed by atoms with Gasteiger partial charge in [0.05, 0.1) is 0 Å². The topological polar surface area (TPSA) is 0 Å². The molecule has 0 saturated heterocycles. The molecular weight excluding hydrogens is 171 g/mol. The SMILES string of the molecule is CCCC([AsH2])(CC)CC. The third kappa shape index (κ3) is 3.30. The van der Waals surface area contributed by atoms with Crippen LogP contribution in [0.15, 0.2) is 0 Å². The average molecular weight is 190 g/mol. The van der Waals surface area contributed by atoms with E-state index in [1.54, 1.807) is 0 Å². The molecular formula is C8H19As. The zero-order valence-corrected chi connectivity index (χ0v) is 9.33. The predicted molar refractivity (Wildman–Crippen MR) is 46.7 cm³/mol. The van der Waals surface area contributed by atoms with Crippen molar-refractivity contribution in [1.82, 2.24) is 0 Å². The fraction of sp³-hybridized carbons (Fsp3) is 1.00. The molecule has 0 aromatic heterocycles. The Morgan fingerprint density at radius 2 is 1.56 bits per heavy atom. The Labute approximate surface area is 67.9 Å². The Kier molecular flexibility index (Phi) is 4.66. The third-order valence-electron chi connectivity index (χ3n) is 2.16. The molecule has 0 aliphatic carbocycles. The average Bonchev–Trinajstić information content (AvgIpc) is 1.89. The van der Waals surface area contributed by atoms with Gasteiger partial charge in [-0.1, -0.05) is 0 Å². The van der Waals surface area contributed by atoms with Crippen LogP contribution in [0, 0.1) is 0 Å². The summed E-state index contributed by atoms with van der Waals surface area (Å²) in [5, 5.41) is 0. The molecule has 0 aliphatic rings. The fourth-order valence-electron chi connectivity index (χ4n) is 1.10. The monoisotopic (exact) mass is 190 g/mol. The Hall–Kier alpha value is 0.558. The van der Waals surface area contributed by atoms with Crippen molar-refractivity contribution in [3.8, 4) is 0 Å². The summed E-state index contributed by atoms with van der Waals surface area (Å²) in [6.07, 6.45) is 5.48. The molecule has 0 saturated carbocycles. The first-order valence-electron chi connectivity index (χ1n) is 3.97. The van der Waals surface area contributed by atoms with E-state index in [2.05, 4.69) is 20.8 Å². The number of hydrogen-bond acceptors (Lipinski definition) is 0. The van der Waals surface area contributed by atoms with E-state index in [-0.39, 0.29) is 0 Å². The van der Waals surface area contributed by atoms with Gasteiger partial charge in [0.25, 0.3) is 0 Å². The third-order valence-corrected chi connectivity index (χ3v) is 4.47. The van der Waals surface area contributed by atoms with Crippen LogP contribution >= 0.6 is 0 Å². The van der Waals surface area contributed by atoms with E-state index in [0.29, 0.717) is 4.20 Å². The van der Waals surface area contributed by atoms with Crippen molar-refractivity contribution in [3.05, 3.63) is 0 Å². The molecule has 9 heavy (non-hydrogen) atoms. The van der Waals surface area contributed by atoms with Crippen LogP contribution in [-0.2, 0) is 0 Å². The minimum absolute atomic E-state index is 0.696. The molecule has 1 heteroatoms.